The van der Waals surface area contributed by atoms with Gasteiger partial charge in [0.25, 0.3) is 0 Å². The molecule has 0 bridgehead atoms. The molecule has 0 spiro atoms. The van der Waals surface area contributed by atoms with E-state index < -0.39 is 0 Å². The molecule has 1 amide bonds. The van der Waals surface area contributed by atoms with E-state index in [1.165, 1.54) is 32.1 Å². The number of carbonyl (C=O) groups is 1. The Labute approximate surface area is 167 Å². The van der Waals surface area contributed by atoms with Crippen molar-refractivity contribution < 1.29 is 4.79 Å². The van der Waals surface area contributed by atoms with Gasteiger partial charge in [-0.25, -0.2) is 0 Å². The molecule has 2 N–H and O–H groups in total. The zero-order valence-corrected chi connectivity index (χ0v) is 16.8. The molecule has 1 saturated carbocycles. The second-order valence-electron chi connectivity index (χ2n) is 7.51. The predicted octanol–water partition coefficient (Wildman–Crippen LogP) is 6.03. The van der Waals surface area contributed by atoms with E-state index in [-0.39, 0.29) is 11.9 Å². The number of hydrogen-bond acceptors (Lipinski definition) is 2. The molecule has 1 fully saturated rings. The predicted molar refractivity (Wildman–Crippen MR) is 113 cm³/mol. The van der Waals surface area contributed by atoms with Crippen LogP contribution in [0.3, 0.4) is 0 Å². The van der Waals surface area contributed by atoms with E-state index in [0.29, 0.717) is 11.1 Å². The summed E-state index contributed by atoms with van der Waals surface area (Å²) in [4.78, 5) is 13.1. The van der Waals surface area contributed by atoms with Crippen LogP contribution >= 0.6 is 11.6 Å². The van der Waals surface area contributed by atoms with E-state index in [9.17, 15) is 4.79 Å². The van der Waals surface area contributed by atoms with Crippen LogP contribution in [0.25, 0.3) is 0 Å². The van der Waals surface area contributed by atoms with Gasteiger partial charge in [0, 0.05) is 16.8 Å². The van der Waals surface area contributed by atoms with Crippen LogP contribution in [0.15, 0.2) is 48.5 Å². The zero-order chi connectivity index (χ0) is 19.1. The molecule has 1 aliphatic carbocycles. The van der Waals surface area contributed by atoms with Gasteiger partial charge in [-0.2, -0.15) is 0 Å². The second-order valence-corrected chi connectivity index (χ2v) is 7.91. The van der Waals surface area contributed by atoms with Crippen LogP contribution in [0.1, 0.15) is 62.1 Å². The monoisotopic (exact) mass is 384 g/mol. The number of amides is 1. The van der Waals surface area contributed by atoms with Crippen LogP contribution in [-0.4, -0.2) is 11.9 Å². The highest BCUT2D eigenvalue weighted by molar-refractivity contribution is 6.31. The molecule has 1 aliphatic rings. The smallest absolute Gasteiger partial charge is 0.246 e. The van der Waals surface area contributed by atoms with Crippen LogP contribution in [-0.2, 0) is 4.79 Å². The molecule has 4 heteroatoms. The van der Waals surface area contributed by atoms with Gasteiger partial charge in [-0.1, -0.05) is 80.1 Å². The van der Waals surface area contributed by atoms with Gasteiger partial charge in [0.2, 0.25) is 5.91 Å². The Balaban J connectivity index is 1.76. The van der Waals surface area contributed by atoms with E-state index >= 15 is 0 Å². The molecule has 0 radical (unpaired) electrons. The largest absolute Gasteiger partial charge is 0.324 e. The number of benzene rings is 2. The van der Waals surface area contributed by atoms with E-state index in [1.54, 1.807) is 0 Å². The Morgan fingerprint density at radius 2 is 1.67 bits per heavy atom. The molecule has 144 valence electrons. The molecular weight excluding hydrogens is 356 g/mol. The number of hydrogen-bond donors (Lipinski definition) is 2. The van der Waals surface area contributed by atoms with Gasteiger partial charge < -0.3 is 5.32 Å². The summed E-state index contributed by atoms with van der Waals surface area (Å²) in [6.45, 7) is 1.96. The summed E-state index contributed by atoms with van der Waals surface area (Å²) >= 11 is 6.22. The van der Waals surface area contributed by atoms with Gasteiger partial charge in [-0.3, -0.25) is 10.1 Å². The highest BCUT2D eigenvalue weighted by Gasteiger charge is 2.24. The Morgan fingerprint density at radius 3 is 2.33 bits per heavy atom. The minimum absolute atomic E-state index is 0.0387. The lowest BCUT2D eigenvalue weighted by atomic mass is 9.95. The summed E-state index contributed by atoms with van der Waals surface area (Å²) in [6.07, 6.45) is 8.65. The van der Waals surface area contributed by atoms with Crippen molar-refractivity contribution in [2.75, 3.05) is 5.32 Å². The molecule has 3 nitrogen and oxygen atoms in total. The summed E-state index contributed by atoms with van der Waals surface area (Å²) in [7, 11) is 0. The van der Waals surface area contributed by atoms with Crippen LogP contribution < -0.4 is 10.6 Å². The average molecular weight is 385 g/mol. The maximum Gasteiger partial charge on any atom is 0.246 e. The Hall–Kier alpha value is -1.84. The molecule has 2 aromatic carbocycles. The first-order valence-corrected chi connectivity index (χ1v) is 10.4. The van der Waals surface area contributed by atoms with Crippen LogP contribution in [0, 0.1) is 6.92 Å². The first kappa shape index (κ1) is 19.9. The Kier molecular flexibility index (Phi) is 7.31. The summed E-state index contributed by atoms with van der Waals surface area (Å²) in [5.74, 6) is -0.0387. The highest BCUT2D eigenvalue weighted by Crippen LogP contribution is 2.24. The van der Waals surface area contributed by atoms with E-state index in [2.05, 4.69) is 10.6 Å². The van der Waals surface area contributed by atoms with E-state index in [4.69, 9.17) is 11.6 Å². The lowest BCUT2D eigenvalue weighted by molar-refractivity contribution is -0.118. The average Bonchev–Trinajstić information content (AvgIpc) is 2.64. The zero-order valence-electron chi connectivity index (χ0n) is 16.0. The first-order valence-electron chi connectivity index (χ1n) is 10.0. The van der Waals surface area contributed by atoms with Crippen LogP contribution in [0.5, 0.6) is 0 Å². The number of halogens is 1. The molecule has 1 atom stereocenters. The van der Waals surface area contributed by atoms with Gasteiger partial charge in [0.05, 0.1) is 0 Å². The van der Waals surface area contributed by atoms with Crippen molar-refractivity contribution in [3.05, 3.63) is 64.7 Å². The quantitative estimate of drug-likeness (QED) is 0.660. The van der Waals surface area contributed by atoms with Crippen molar-refractivity contribution in [1.82, 2.24) is 5.32 Å². The Morgan fingerprint density at radius 1 is 1.00 bits per heavy atom. The van der Waals surface area contributed by atoms with Gasteiger partial charge >= 0.3 is 0 Å². The third-order valence-electron chi connectivity index (χ3n) is 5.34. The minimum atomic E-state index is -0.365. The number of rotatable bonds is 5. The fourth-order valence-electron chi connectivity index (χ4n) is 3.71. The standard InChI is InChI=1S/C23H29ClN2O/c1-17-14-15-20(16-21(17)24)26-23(27)22(18-10-6-5-7-11-18)25-19-12-8-3-2-4-9-13-19/h5-7,10-11,14-16,19,22,25H,2-4,8-9,12-13H2,1H3,(H,26,27)/t22-/m1/s1. The Bertz CT molecular complexity index is 739. The topological polar surface area (TPSA) is 41.1 Å². The van der Waals surface area contributed by atoms with Crippen molar-refractivity contribution in [2.24, 2.45) is 0 Å². The van der Waals surface area contributed by atoms with Crippen molar-refractivity contribution >= 4 is 23.2 Å². The molecule has 0 saturated heterocycles. The number of anilines is 1. The molecule has 0 aliphatic heterocycles. The lowest BCUT2D eigenvalue weighted by Crippen LogP contribution is -2.40. The van der Waals surface area contributed by atoms with Crippen LogP contribution in [0.4, 0.5) is 5.69 Å². The lowest BCUT2D eigenvalue weighted by Gasteiger charge is -2.27. The third-order valence-corrected chi connectivity index (χ3v) is 5.75. The maximum absolute atomic E-state index is 13.1. The molecule has 0 aromatic heterocycles. The fraction of sp³-hybridized carbons (Fsp3) is 0.435. The first-order chi connectivity index (χ1) is 13.1. The molecule has 0 unspecified atom stereocenters. The minimum Gasteiger partial charge on any atom is -0.324 e. The van der Waals surface area contributed by atoms with Crippen LogP contribution in [0.2, 0.25) is 5.02 Å². The van der Waals surface area contributed by atoms with Gasteiger partial charge in [0.15, 0.2) is 0 Å². The summed E-state index contributed by atoms with van der Waals surface area (Å²) in [6, 6.07) is 15.6. The number of nitrogens with one attached hydrogen (secondary N) is 2. The molecule has 27 heavy (non-hydrogen) atoms. The van der Waals surface area contributed by atoms with E-state index in [0.717, 1.165) is 29.7 Å². The number of carbonyl (C=O) groups excluding carboxylic acids is 1. The molecule has 2 aromatic rings. The molecular formula is C23H29ClN2O. The maximum atomic E-state index is 13.1. The summed E-state index contributed by atoms with van der Waals surface area (Å²) in [5, 5.41) is 7.35. The fourth-order valence-corrected chi connectivity index (χ4v) is 3.89. The molecule has 0 heterocycles. The third kappa shape index (κ3) is 5.82. The summed E-state index contributed by atoms with van der Waals surface area (Å²) in [5.41, 5.74) is 2.73. The van der Waals surface area contributed by atoms with Gasteiger partial charge in [0.1, 0.15) is 6.04 Å². The van der Waals surface area contributed by atoms with Crippen molar-refractivity contribution in [3.8, 4) is 0 Å². The van der Waals surface area contributed by atoms with Crippen molar-refractivity contribution in [1.29, 1.82) is 0 Å². The van der Waals surface area contributed by atoms with E-state index in [1.807, 2.05) is 55.5 Å². The highest BCUT2D eigenvalue weighted by atomic mass is 35.5. The van der Waals surface area contributed by atoms with Gasteiger partial charge in [-0.05, 0) is 43.0 Å². The number of aryl methyl sites for hydroxylation is 1. The van der Waals surface area contributed by atoms with Crippen molar-refractivity contribution in [2.45, 2.75) is 64.0 Å². The molecule has 3 rings (SSSR count). The van der Waals surface area contributed by atoms with Crippen molar-refractivity contribution in [3.63, 3.8) is 0 Å². The van der Waals surface area contributed by atoms with Gasteiger partial charge in [-0.15, -0.1) is 0 Å². The normalized spacial score (nSPS) is 17.0. The second kappa shape index (κ2) is 9.91. The SMILES string of the molecule is Cc1ccc(NC(=O)[C@H](NC2CCCCCCC2)c2ccccc2)cc1Cl. The summed E-state index contributed by atoms with van der Waals surface area (Å²) < 4.78 is 0.